The average molecular weight is 432 g/mol. The predicted octanol–water partition coefficient (Wildman–Crippen LogP) is 3.89. The van der Waals surface area contributed by atoms with Gasteiger partial charge in [0.2, 0.25) is 0 Å². The zero-order chi connectivity index (χ0) is 20.9. The Kier molecular flexibility index (Phi) is 6.05. The van der Waals surface area contributed by atoms with Gasteiger partial charge in [0.1, 0.15) is 4.90 Å². The molecule has 0 bridgehead atoms. The monoisotopic (exact) mass is 431 g/mol. The molecule has 148 valence electrons. The van der Waals surface area contributed by atoms with Crippen LogP contribution < -0.4 is 10.1 Å². The number of nitro groups is 1. The van der Waals surface area contributed by atoms with E-state index in [2.05, 4.69) is 20.2 Å². The van der Waals surface area contributed by atoms with Gasteiger partial charge in [0.25, 0.3) is 15.7 Å². The molecule has 0 aliphatic rings. The van der Waals surface area contributed by atoms with E-state index in [1.165, 1.54) is 42.6 Å². The molecule has 1 heterocycles. The topological polar surface area (TPSA) is 127 Å². The number of rotatable bonds is 7. The molecule has 3 aromatic rings. The largest absolute Gasteiger partial charge is 0.280 e. The Morgan fingerprint density at radius 2 is 1.90 bits per heavy atom. The number of aromatic nitrogens is 1. The molecule has 0 aliphatic heterocycles. The van der Waals surface area contributed by atoms with Gasteiger partial charge in [-0.15, -0.1) is 0 Å². The van der Waals surface area contributed by atoms with Crippen molar-refractivity contribution in [3.63, 3.8) is 0 Å². The molecule has 0 amide bonds. The van der Waals surface area contributed by atoms with E-state index >= 15 is 0 Å². The lowest BCUT2D eigenvalue weighted by Crippen LogP contribution is -2.15. The Bertz CT molecular complexity index is 1150. The summed E-state index contributed by atoms with van der Waals surface area (Å²) < 4.78 is 28.1. The van der Waals surface area contributed by atoms with Gasteiger partial charge < -0.3 is 0 Å². The Morgan fingerprint density at radius 3 is 2.55 bits per heavy atom. The minimum atomic E-state index is -4.15. The molecule has 9 nitrogen and oxygen atoms in total. The number of nitro benzene ring substituents is 1. The normalized spacial score (nSPS) is 11.3. The first-order chi connectivity index (χ1) is 13.8. The number of non-ortho nitro benzene ring substituents is 1. The fourth-order valence-corrected chi connectivity index (χ4v) is 3.66. The van der Waals surface area contributed by atoms with Gasteiger partial charge in [-0.25, -0.2) is 8.42 Å². The van der Waals surface area contributed by atoms with E-state index in [1.807, 2.05) is 0 Å². The number of hydrogen-bond acceptors (Lipinski definition) is 7. The first-order valence-corrected chi connectivity index (χ1v) is 9.97. The third-order valence-corrected chi connectivity index (χ3v) is 5.32. The van der Waals surface area contributed by atoms with Crippen LogP contribution in [0.5, 0.6) is 0 Å². The van der Waals surface area contributed by atoms with Crippen LogP contribution in [0.3, 0.4) is 0 Å². The Balaban J connectivity index is 1.93. The highest BCUT2D eigenvalue weighted by molar-refractivity contribution is 7.92. The molecule has 2 N–H and O–H groups in total. The van der Waals surface area contributed by atoms with Crippen LogP contribution in [0.2, 0.25) is 5.02 Å². The van der Waals surface area contributed by atoms with E-state index in [4.69, 9.17) is 11.6 Å². The SMILES string of the molecule is O=[N+]([O-])c1ccc(N/N=C\c2cccnc2)c(S(=O)(=O)Nc2ccc(Cl)cc2)c1. The molecule has 0 radical (unpaired) electrons. The Morgan fingerprint density at radius 1 is 1.14 bits per heavy atom. The van der Waals surface area contributed by atoms with Crippen molar-refractivity contribution in [2.24, 2.45) is 5.10 Å². The molecule has 1 aromatic heterocycles. The van der Waals surface area contributed by atoms with Crippen LogP contribution in [0, 0.1) is 10.1 Å². The number of sulfonamides is 1. The van der Waals surface area contributed by atoms with Crippen LogP contribution in [0.1, 0.15) is 5.56 Å². The van der Waals surface area contributed by atoms with Gasteiger partial charge in [-0.1, -0.05) is 17.7 Å². The number of nitrogens with one attached hydrogen (secondary N) is 2. The number of nitrogens with zero attached hydrogens (tertiary/aromatic N) is 3. The number of hydrogen-bond donors (Lipinski definition) is 2. The highest BCUT2D eigenvalue weighted by Gasteiger charge is 2.22. The van der Waals surface area contributed by atoms with Crippen molar-refractivity contribution in [1.29, 1.82) is 0 Å². The van der Waals surface area contributed by atoms with Crippen molar-refractivity contribution in [3.05, 3.63) is 87.7 Å². The molecule has 0 unspecified atom stereocenters. The molecule has 0 atom stereocenters. The van der Waals surface area contributed by atoms with E-state index < -0.39 is 14.9 Å². The van der Waals surface area contributed by atoms with Crippen molar-refractivity contribution < 1.29 is 13.3 Å². The first-order valence-electron chi connectivity index (χ1n) is 8.11. The van der Waals surface area contributed by atoms with E-state index in [0.29, 0.717) is 10.6 Å². The standard InChI is InChI=1S/C18H14ClN5O4S/c19-14-3-5-15(6-4-14)23-29(27,28)18-10-16(24(25)26)7-8-17(18)22-21-12-13-2-1-9-20-11-13/h1-12,22-23H/b21-12-. The van der Waals surface area contributed by atoms with Crippen molar-refractivity contribution in [2.75, 3.05) is 10.1 Å². The second kappa shape index (κ2) is 8.67. The summed E-state index contributed by atoms with van der Waals surface area (Å²) in [5, 5.41) is 15.5. The van der Waals surface area contributed by atoms with Crippen molar-refractivity contribution in [2.45, 2.75) is 4.90 Å². The summed E-state index contributed by atoms with van der Waals surface area (Å²) in [6.45, 7) is 0. The lowest BCUT2D eigenvalue weighted by atomic mass is 10.3. The summed E-state index contributed by atoms with van der Waals surface area (Å²) in [5.41, 5.74) is 3.24. The summed E-state index contributed by atoms with van der Waals surface area (Å²) in [7, 11) is -4.15. The second-order valence-corrected chi connectivity index (χ2v) is 7.79. The van der Waals surface area contributed by atoms with Gasteiger partial charge in [0.05, 0.1) is 16.8 Å². The Labute approximate surface area is 171 Å². The van der Waals surface area contributed by atoms with E-state index in [9.17, 15) is 18.5 Å². The smallest absolute Gasteiger partial charge is 0.270 e. The van der Waals surface area contributed by atoms with E-state index in [-0.39, 0.29) is 22.0 Å². The van der Waals surface area contributed by atoms with Gasteiger partial charge >= 0.3 is 0 Å². The van der Waals surface area contributed by atoms with Crippen LogP contribution in [0.25, 0.3) is 0 Å². The predicted molar refractivity (Wildman–Crippen MR) is 111 cm³/mol. The molecule has 0 spiro atoms. The lowest BCUT2D eigenvalue weighted by Gasteiger charge is -2.12. The molecule has 0 saturated heterocycles. The maximum Gasteiger partial charge on any atom is 0.270 e. The maximum atomic E-state index is 12.8. The maximum absolute atomic E-state index is 12.8. The molecular weight excluding hydrogens is 418 g/mol. The lowest BCUT2D eigenvalue weighted by molar-refractivity contribution is -0.385. The fourth-order valence-electron chi connectivity index (χ4n) is 2.30. The van der Waals surface area contributed by atoms with Gasteiger partial charge in [0, 0.05) is 40.8 Å². The summed E-state index contributed by atoms with van der Waals surface area (Å²) in [6, 6.07) is 12.9. The number of halogens is 1. The molecule has 11 heteroatoms. The number of anilines is 2. The van der Waals surface area contributed by atoms with E-state index in [0.717, 1.165) is 6.07 Å². The number of benzene rings is 2. The number of pyridine rings is 1. The molecule has 0 fully saturated rings. The van der Waals surface area contributed by atoms with Gasteiger partial charge in [-0.2, -0.15) is 5.10 Å². The van der Waals surface area contributed by atoms with Gasteiger partial charge in [0.15, 0.2) is 0 Å². The molecular formula is C18H14ClN5O4S. The second-order valence-electron chi connectivity index (χ2n) is 5.71. The van der Waals surface area contributed by atoms with Crippen molar-refractivity contribution >= 4 is 44.9 Å². The summed E-state index contributed by atoms with van der Waals surface area (Å²) in [4.78, 5) is 14.0. The zero-order valence-corrected chi connectivity index (χ0v) is 16.3. The molecule has 0 aliphatic carbocycles. The summed E-state index contributed by atoms with van der Waals surface area (Å²) in [6.07, 6.45) is 4.62. The van der Waals surface area contributed by atoms with E-state index in [1.54, 1.807) is 24.5 Å². The van der Waals surface area contributed by atoms with Crippen molar-refractivity contribution in [3.8, 4) is 0 Å². The van der Waals surface area contributed by atoms with Crippen LogP contribution >= 0.6 is 11.6 Å². The van der Waals surface area contributed by atoms with Crippen LogP contribution in [-0.2, 0) is 10.0 Å². The average Bonchev–Trinajstić information content (AvgIpc) is 2.70. The third kappa shape index (κ3) is 5.27. The number of hydrazone groups is 1. The first kappa shape index (κ1) is 20.2. The summed E-state index contributed by atoms with van der Waals surface area (Å²) >= 11 is 5.81. The Hall–Kier alpha value is -3.50. The third-order valence-electron chi connectivity index (χ3n) is 3.65. The highest BCUT2D eigenvalue weighted by Crippen LogP contribution is 2.28. The molecule has 3 rings (SSSR count). The molecule has 2 aromatic carbocycles. The zero-order valence-electron chi connectivity index (χ0n) is 14.7. The fraction of sp³-hybridized carbons (Fsp3) is 0. The summed E-state index contributed by atoms with van der Waals surface area (Å²) in [5.74, 6) is 0. The van der Waals surface area contributed by atoms with Crippen LogP contribution in [-0.4, -0.2) is 24.5 Å². The minimum Gasteiger partial charge on any atom is -0.280 e. The molecule has 29 heavy (non-hydrogen) atoms. The minimum absolute atomic E-state index is 0.0669. The highest BCUT2D eigenvalue weighted by atomic mass is 35.5. The quantitative estimate of drug-likeness (QED) is 0.332. The van der Waals surface area contributed by atoms with Gasteiger partial charge in [-0.05, 0) is 36.4 Å². The molecule has 0 saturated carbocycles. The van der Waals surface area contributed by atoms with Crippen molar-refractivity contribution in [1.82, 2.24) is 4.98 Å². The van der Waals surface area contributed by atoms with Crippen LogP contribution in [0.4, 0.5) is 17.1 Å². The van der Waals surface area contributed by atoms with Gasteiger partial charge in [-0.3, -0.25) is 25.2 Å². The van der Waals surface area contributed by atoms with Crippen LogP contribution in [0.15, 0.2) is 77.0 Å².